The first-order valence-electron chi connectivity index (χ1n) is 9.96. The molecule has 2 atom stereocenters. The molecular weight excluding hydrogens is 343 g/mol. The summed E-state index contributed by atoms with van der Waals surface area (Å²) in [5, 5.41) is 0. The molecule has 0 aliphatic heterocycles. The Morgan fingerprint density at radius 2 is 1.44 bits per heavy atom. The molecule has 0 spiro atoms. The van der Waals surface area contributed by atoms with Gasteiger partial charge in [0.25, 0.3) is 0 Å². The van der Waals surface area contributed by atoms with E-state index in [9.17, 15) is 0 Å². The Kier molecular flexibility index (Phi) is 7.63. The molecule has 0 bridgehead atoms. The lowest BCUT2D eigenvalue weighted by Gasteiger charge is -2.26. The smallest absolute Gasteiger partial charge is 0.0146 e. The number of benzene rings is 2. The van der Waals surface area contributed by atoms with Crippen molar-refractivity contribution in [3.8, 4) is 0 Å². The molecule has 0 aliphatic rings. The predicted molar refractivity (Wildman–Crippen MR) is 125 cm³/mol. The van der Waals surface area contributed by atoms with E-state index in [1.165, 1.54) is 34.2 Å². The fourth-order valence-electron chi connectivity index (χ4n) is 3.29. The topological polar surface area (TPSA) is 0 Å². The molecule has 2 rings (SSSR count). The number of allylic oxidation sites excluding steroid dienone is 2. The Bertz CT molecular complexity index is 763. The quantitative estimate of drug-likeness (QED) is 0.315. The molecule has 144 valence electrons. The van der Waals surface area contributed by atoms with Crippen LogP contribution in [0, 0.1) is 6.92 Å². The van der Waals surface area contributed by atoms with Crippen LogP contribution in [0.1, 0.15) is 62.3 Å². The molecule has 0 heterocycles. The second kappa shape index (κ2) is 9.52. The molecule has 2 aromatic rings. The second-order valence-corrected chi connectivity index (χ2v) is 9.35. The minimum Gasteiger partial charge on any atom is -0.134 e. The summed E-state index contributed by atoms with van der Waals surface area (Å²) in [6.45, 7) is 16.9. The summed E-state index contributed by atoms with van der Waals surface area (Å²) < 4.78 is 0. The van der Waals surface area contributed by atoms with Gasteiger partial charge in [-0.25, -0.2) is 0 Å². The SMILES string of the molecule is C=C(C)C(=C)CCC(P)CCc1ccc(C(C)(C)c2ccc(C)cc2)cc1. The Morgan fingerprint density at radius 3 is 1.96 bits per heavy atom. The summed E-state index contributed by atoms with van der Waals surface area (Å²) in [6.07, 6.45) is 4.52. The standard InChI is InChI=1S/C26H35P/c1-19(2)21(4)9-17-25(27)18-12-22-10-15-24(16-11-22)26(5,6)23-13-7-20(3)8-14-23/h7-8,10-11,13-16,25H,1,4,9,12,17-18,27H2,2-3,5-6H3. The van der Waals surface area contributed by atoms with Gasteiger partial charge in [0.1, 0.15) is 0 Å². The highest BCUT2D eigenvalue weighted by atomic mass is 31.0. The van der Waals surface area contributed by atoms with E-state index in [1.54, 1.807) is 0 Å². The second-order valence-electron chi connectivity index (χ2n) is 8.41. The third-order valence-corrected chi connectivity index (χ3v) is 6.34. The van der Waals surface area contributed by atoms with Crippen molar-refractivity contribution in [3.05, 3.63) is 95.1 Å². The Hall–Kier alpha value is -1.65. The molecule has 0 aliphatic carbocycles. The maximum atomic E-state index is 4.10. The molecule has 0 aromatic heterocycles. The minimum absolute atomic E-state index is 0.0261. The van der Waals surface area contributed by atoms with Gasteiger partial charge in [-0.15, -0.1) is 9.24 Å². The average Bonchev–Trinajstić information content (AvgIpc) is 2.65. The fraction of sp³-hybridized carbons (Fsp3) is 0.385. The van der Waals surface area contributed by atoms with Gasteiger partial charge in [-0.05, 0) is 61.9 Å². The van der Waals surface area contributed by atoms with Gasteiger partial charge in [0.05, 0.1) is 0 Å². The lowest BCUT2D eigenvalue weighted by molar-refractivity contribution is 0.639. The maximum Gasteiger partial charge on any atom is 0.0146 e. The van der Waals surface area contributed by atoms with Crippen LogP contribution in [0.2, 0.25) is 0 Å². The van der Waals surface area contributed by atoms with E-state index in [4.69, 9.17) is 0 Å². The molecular formula is C26H35P. The predicted octanol–water partition coefficient (Wildman–Crippen LogP) is 7.41. The van der Waals surface area contributed by atoms with Crippen molar-refractivity contribution >= 4 is 9.24 Å². The third kappa shape index (κ3) is 6.18. The highest BCUT2D eigenvalue weighted by Crippen LogP contribution is 2.32. The molecule has 27 heavy (non-hydrogen) atoms. The molecule has 0 saturated heterocycles. The van der Waals surface area contributed by atoms with Crippen molar-refractivity contribution in [3.63, 3.8) is 0 Å². The van der Waals surface area contributed by atoms with Crippen molar-refractivity contribution in [2.75, 3.05) is 0 Å². The average molecular weight is 379 g/mol. The van der Waals surface area contributed by atoms with Crippen LogP contribution in [-0.4, -0.2) is 5.66 Å². The van der Waals surface area contributed by atoms with Crippen LogP contribution in [0.5, 0.6) is 0 Å². The molecule has 2 aromatic carbocycles. The van der Waals surface area contributed by atoms with Crippen molar-refractivity contribution in [1.82, 2.24) is 0 Å². The van der Waals surface area contributed by atoms with Crippen molar-refractivity contribution < 1.29 is 0 Å². The van der Waals surface area contributed by atoms with Gasteiger partial charge < -0.3 is 0 Å². The number of rotatable bonds is 9. The van der Waals surface area contributed by atoms with Crippen molar-refractivity contribution in [1.29, 1.82) is 0 Å². The summed E-state index contributed by atoms with van der Waals surface area (Å²) in [5.41, 5.74) is 8.42. The van der Waals surface area contributed by atoms with Crippen molar-refractivity contribution in [2.45, 2.75) is 64.5 Å². The number of hydrogen-bond acceptors (Lipinski definition) is 0. The van der Waals surface area contributed by atoms with E-state index in [2.05, 4.69) is 91.7 Å². The van der Waals surface area contributed by atoms with Crippen LogP contribution >= 0.6 is 9.24 Å². The first kappa shape index (κ1) is 21.6. The Labute approximate surface area is 169 Å². The van der Waals surface area contributed by atoms with Crippen LogP contribution in [0.15, 0.2) is 72.8 Å². The number of aryl methyl sites for hydroxylation is 2. The van der Waals surface area contributed by atoms with E-state index in [1.807, 2.05) is 6.92 Å². The molecule has 1 heteroatoms. The van der Waals surface area contributed by atoms with E-state index < -0.39 is 0 Å². The fourth-order valence-corrected chi connectivity index (χ4v) is 3.63. The molecule has 0 fully saturated rings. The molecule has 0 amide bonds. The zero-order valence-electron chi connectivity index (χ0n) is 17.5. The molecule has 0 nitrogen and oxygen atoms in total. The summed E-state index contributed by atoms with van der Waals surface area (Å²) in [6, 6.07) is 18.1. The minimum atomic E-state index is 0.0261. The van der Waals surface area contributed by atoms with Gasteiger partial charge in [-0.3, -0.25) is 0 Å². The first-order valence-corrected chi connectivity index (χ1v) is 10.6. The summed E-state index contributed by atoms with van der Waals surface area (Å²) in [5.74, 6) is 0. The normalized spacial score (nSPS) is 12.6. The Balaban J connectivity index is 1.93. The lowest BCUT2D eigenvalue weighted by Crippen LogP contribution is -2.18. The highest BCUT2D eigenvalue weighted by Gasteiger charge is 2.22. The van der Waals surface area contributed by atoms with Crippen molar-refractivity contribution in [2.24, 2.45) is 0 Å². The van der Waals surface area contributed by atoms with E-state index >= 15 is 0 Å². The van der Waals surface area contributed by atoms with E-state index in [0.717, 1.165) is 24.8 Å². The number of hydrogen-bond donors (Lipinski definition) is 0. The van der Waals surface area contributed by atoms with Crippen LogP contribution in [0.4, 0.5) is 0 Å². The summed E-state index contributed by atoms with van der Waals surface area (Å²) in [4.78, 5) is 0. The van der Waals surface area contributed by atoms with Gasteiger partial charge >= 0.3 is 0 Å². The maximum absolute atomic E-state index is 4.10. The zero-order chi connectivity index (χ0) is 20.0. The van der Waals surface area contributed by atoms with E-state index in [-0.39, 0.29) is 5.41 Å². The van der Waals surface area contributed by atoms with Gasteiger partial charge in [0.15, 0.2) is 0 Å². The van der Waals surface area contributed by atoms with Gasteiger partial charge in [-0.1, -0.05) is 92.2 Å². The largest absolute Gasteiger partial charge is 0.134 e. The van der Waals surface area contributed by atoms with Gasteiger partial charge in [0.2, 0.25) is 0 Å². The molecule has 0 N–H and O–H groups in total. The van der Waals surface area contributed by atoms with Crippen LogP contribution in [-0.2, 0) is 11.8 Å². The highest BCUT2D eigenvalue weighted by molar-refractivity contribution is 7.17. The summed E-state index contributed by atoms with van der Waals surface area (Å²) >= 11 is 0. The van der Waals surface area contributed by atoms with Crippen LogP contribution in [0.25, 0.3) is 0 Å². The Morgan fingerprint density at radius 1 is 0.926 bits per heavy atom. The lowest BCUT2D eigenvalue weighted by atomic mass is 9.77. The molecule has 0 radical (unpaired) electrons. The molecule has 2 unspecified atom stereocenters. The molecule has 0 saturated carbocycles. The van der Waals surface area contributed by atoms with Crippen LogP contribution < -0.4 is 0 Å². The van der Waals surface area contributed by atoms with Gasteiger partial charge in [-0.2, -0.15) is 0 Å². The monoisotopic (exact) mass is 378 g/mol. The van der Waals surface area contributed by atoms with Crippen LogP contribution in [0.3, 0.4) is 0 Å². The summed E-state index contributed by atoms with van der Waals surface area (Å²) in [7, 11) is 3.00. The van der Waals surface area contributed by atoms with E-state index in [0.29, 0.717) is 5.66 Å². The van der Waals surface area contributed by atoms with Gasteiger partial charge in [0, 0.05) is 5.41 Å². The third-order valence-electron chi connectivity index (χ3n) is 5.67. The zero-order valence-corrected chi connectivity index (χ0v) is 18.7. The first-order chi connectivity index (χ1) is 12.7.